The standard InChI is InChI=1S/C15H23F3N2O/c16-15(17,18)10-19-3-5-20(6-4-19)14(21)9-13-8-11-1-2-12(13)7-11/h11-13H,1-10H2. The third-order valence-corrected chi connectivity index (χ3v) is 5.45. The molecule has 3 rings (SSSR count). The molecular weight excluding hydrogens is 281 g/mol. The van der Waals surface area contributed by atoms with Crippen LogP contribution >= 0.6 is 0 Å². The Labute approximate surface area is 123 Å². The van der Waals surface area contributed by atoms with Gasteiger partial charge in [-0.3, -0.25) is 9.69 Å². The van der Waals surface area contributed by atoms with Crippen LogP contribution in [0.25, 0.3) is 0 Å². The summed E-state index contributed by atoms with van der Waals surface area (Å²) < 4.78 is 37.0. The normalized spacial score (nSPS) is 33.7. The Bertz CT molecular complexity index is 391. The molecule has 1 aliphatic heterocycles. The van der Waals surface area contributed by atoms with Crippen molar-refractivity contribution >= 4 is 5.91 Å². The van der Waals surface area contributed by atoms with Crippen LogP contribution in [0.15, 0.2) is 0 Å². The van der Waals surface area contributed by atoms with Crippen LogP contribution in [0.2, 0.25) is 0 Å². The van der Waals surface area contributed by atoms with Gasteiger partial charge in [0.25, 0.3) is 0 Å². The van der Waals surface area contributed by atoms with Crippen molar-refractivity contribution in [2.45, 2.75) is 38.3 Å². The fraction of sp³-hybridized carbons (Fsp3) is 0.933. The summed E-state index contributed by atoms with van der Waals surface area (Å²) in [7, 11) is 0. The monoisotopic (exact) mass is 304 g/mol. The van der Waals surface area contributed by atoms with E-state index in [0.29, 0.717) is 38.5 Å². The molecule has 6 heteroatoms. The van der Waals surface area contributed by atoms with Crippen molar-refractivity contribution in [3.05, 3.63) is 0 Å². The quantitative estimate of drug-likeness (QED) is 0.800. The number of alkyl halides is 3. The fourth-order valence-electron chi connectivity index (χ4n) is 4.39. The minimum Gasteiger partial charge on any atom is -0.340 e. The first-order valence-electron chi connectivity index (χ1n) is 7.97. The fourth-order valence-corrected chi connectivity index (χ4v) is 4.39. The van der Waals surface area contributed by atoms with Crippen molar-refractivity contribution in [1.82, 2.24) is 9.80 Å². The molecule has 1 saturated heterocycles. The van der Waals surface area contributed by atoms with E-state index in [2.05, 4.69) is 0 Å². The molecule has 3 nitrogen and oxygen atoms in total. The maximum Gasteiger partial charge on any atom is 0.401 e. The van der Waals surface area contributed by atoms with Crippen LogP contribution in [0.1, 0.15) is 32.1 Å². The maximum absolute atomic E-state index is 12.3. The highest BCUT2D eigenvalue weighted by Crippen LogP contribution is 2.49. The van der Waals surface area contributed by atoms with Gasteiger partial charge in [-0.05, 0) is 37.0 Å². The Balaban J connectivity index is 1.43. The Hall–Kier alpha value is -0.780. The van der Waals surface area contributed by atoms with E-state index < -0.39 is 12.7 Å². The summed E-state index contributed by atoms with van der Waals surface area (Å²) in [6.07, 6.45) is 1.53. The molecule has 21 heavy (non-hydrogen) atoms. The molecule has 0 spiro atoms. The number of nitrogens with zero attached hydrogens (tertiary/aromatic N) is 2. The minimum atomic E-state index is -4.14. The number of carbonyl (C=O) groups is 1. The molecule has 0 aromatic carbocycles. The molecule has 0 aromatic heterocycles. The van der Waals surface area contributed by atoms with E-state index >= 15 is 0 Å². The largest absolute Gasteiger partial charge is 0.401 e. The van der Waals surface area contributed by atoms with Gasteiger partial charge in [0.2, 0.25) is 5.91 Å². The molecule has 2 bridgehead atoms. The van der Waals surface area contributed by atoms with Gasteiger partial charge in [-0.2, -0.15) is 13.2 Å². The topological polar surface area (TPSA) is 23.6 Å². The predicted molar refractivity (Wildman–Crippen MR) is 72.6 cm³/mol. The van der Waals surface area contributed by atoms with E-state index in [1.807, 2.05) is 0 Å². The molecule has 1 amide bonds. The molecule has 0 N–H and O–H groups in total. The molecule has 2 saturated carbocycles. The van der Waals surface area contributed by atoms with Gasteiger partial charge in [-0.15, -0.1) is 0 Å². The van der Waals surface area contributed by atoms with Gasteiger partial charge in [0.05, 0.1) is 6.54 Å². The summed E-state index contributed by atoms with van der Waals surface area (Å²) in [5.74, 6) is 2.24. The highest BCUT2D eigenvalue weighted by Gasteiger charge is 2.41. The number of fused-ring (bicyclic) bond motifs is 2. The first-order valence-corrected chi connectivity index (χ1v) is 7.97. The van der Waals surface area contributed by atoms with E-state index in [1.54, 1.807) is 4.90 Å². The Morgan fingerprint density at radius 2 is 1.76 bits per heavy atom. The second kappa shape index (κ2) is 5.78. The van der Waals surface area contributed by atoms with Crippen molar-refractivity contribution < 1.29 is 18.0 Å². The zero-order chi connectivity index (χ0) is 15.0. The average Bonchev–Trinajstić information content (AvgIpc) is 3.00. The molecule has 1 heterocycles. The van der Waals surface area contributed by atoms with Gasteiger partial charge in [0.15, 0.2) is 0 Å². The lowest BCUT2D eigenvalue weighted by molar-refractivity contribution is -0.152. The van der Waals surface area contributed by atoms with E-state index in [1.165, 1.54) is 30.6 Å². The molecule has 120 valence electrons. The summed E-state index contributed by atoms with van der Waals surface area (Å²) in [5, 5.41) is 0. The van der Waals surface area contributed by atoms with Gasteiger partial charge in [0.1, 0.15) is 0 Å². The third-order valence-electron chi connectivity index (χ3n) is 5.45. The van der Waals surface area contributed by atoms with Crippen LogP contribution < -0.4 is 0 Å². The first-order chi connectivity index (χ1) is 9.90. The van der Waals surface area contributed by atoms with E-state index in [9.17, 15) is 18.0 Å². The Morgan fingerprint density at radius 3 is 2.29 bits per heavy atom. The lowest BCUT2D eigenvalue weighted by Crippen LogP contribution is -2.51. The Morgan fingerprint density at radius 1 is 1.05 bits per heavy atom. The number of halogens is 3. The number of carbonyl (C=O) groups excluding carboxylic acids is 1. The average molecular weight is 304 g/mol. The zero-order valence-corrected chi connectivity index (χ0v) is 12.2. The van der Waals surface area contributed by atoms with Gasteiger partial charge in [0, 0.05) is 32.6 Å². The van der Waals surface area contributed by atoms with Crippen molar-refractivity contribution in [2.24, 2.45) is 17.8 Å². The van der Waals surface area contributed by atoms with Gasteiger partial charge >= 0.3 is 6.18 Å². The van der Waals surface area contributed by atoms with Crippen LogP contribution in [-0.2, 0) is 4.79 Å². The molecule has 3 fully saturated rings. The van der Waals surface area contributed by atoms with Crippen LogP contribution in [-0.4, -0.2) is 54.6 Å². The Kier molecular flexibility index (Phi) is 4.17. The molecule has 3 aliphatic rings. The molecular formula is C15H23F3N2O. The molecule has 3 atom stereocenters. The lowest BCUT2D eigenvalue weighted by Gasteiger charge is -2.36. The third kappa shape index (κ3) is 3.71. The van der Waals surface area contributed by atoms with Crippen molar-refractivity contribution in [3.63, 3.8) is 0 Å². The summed E-state index contributed by atoms with van der Waals surface area (Å²) in [4.78, 5) is 15.5. The summed E-state index contributed by atoms with van der Waals surface area (Å²) in [6, 6.07) is 0. The second-order valence-electron chi connectivity index (χ2n) is 6.91. The van der Waals surface area contributed by atoms with Crippen LogP contribution in [0.5, 0.6) is 0 Å². The van der Waals surface area contributed by atoms with Crippen LogP contribution in [0.3, 0.4) is 0 Å². The van der Waals surface area contributed by atoms with Crippen molar-refractivity contribution in [3.8, 4) is 0 Å². The lowest BCUT2D eigenvalue weighted by atomic mass is 9.86. The summed E-state index contributed by atoms with van der Waals surface area (Å²) >= 11 is 0. The van der Waals surface area contributed by atoms with Gasteiger partial charge < -0.3 is 4.90 Å². The van der Waals surface area contributed by atoms with E-state index in [4.69, 9.17) is 0 Å². The number of hydrogen-bond acceptors (Lipinski definition) is 2. The van der Waals surface area contributed by atoms with Crippen LogP contribution in [0, 0.1) is 17.8 Å². The highest BCUT2D eigenvalue weighted by atomic mass is 19.4. The minimum absolute atomic E-state index is 0.152. The van der Waals surface area contributed by atoms with Gasteiger partial charge in [-0.25, -0.2) is 0 Å². The number of hydrogen-bond donors (Lipinski definition) is 0. The van der Waals surface area contributed by atoms with E-state index in [0.717, 1.165) is 11.8 Å². The van der Waals surface area contributed by atoms with Crippen molar-refractivity contribution in [1.29, 1.82) is 0 Å². The molecule has 0 radical (unpaired) electrons. The predicted octanol–water partition coefficient (Wildman–Crippen LogP) is 2.52. The number of rotatable bonds is 3. The number of amides is 1. The molecule has 3 unspecified atom stereocenters. The smallest absolute Gasteiger partial charge is 0.340 e. The zero-order valence-electron chi connectivity index (χ0n) is 12.2. The van der Waals surface area contributed by atoms with Crippen LogP contribution in [0.4, 0.5) is 13.2 Å². The van der Waals surface area contributed by atoms with E-state index in [-0.39, 0.29) is 5.91 Å². The van der Waals surface area contributed by atoms with Crippen molar-refractivity contribution in [2.75, 3.05) is 32.7 Å². The maximum atomic E-state index is 12.3. The second-order valence-corrected chi connectivity index (χ2v) is 6.91. The first kappa shape index (κ1) is 15.1. The summed E-state index contributed by atoms with van der Waals surface area (Å²) in [5.41, 5.74) is 0. The molecule has 0 aromatic rings. The number of piperazine rings is 1. The molecule has 2 aliphatic carbocycles. The SMILES string of the molecule is O=C(CC1CC2CCC1C2)N1CCN(CC(F)(F)F)CC1. The highest BCUT2D eigenvalue weighted by molar-refractivity contribution is 5.76. The summed E-state index contributed by atoms with van der Waals surface area (Å²) in [6.45, 7) is 0.691. The van der Waals surface area contributed by atoms with Gasteiger partial charge in [-0.1, -0.05) is 6.42 Å².